The Balaban J connectivity index is 1.92. The van der Waals surface area contributed by atoms with Gasteiger partial charge in [0.25, 0.3) is 0 Å². The maximum Gasteiger partial charge on any atom is 0.413 e. The van der Waals surface area contributed by atoms with Gasteiger partial charge >= 0.3 is 6.09 Å². The molecule has 0 bridgehead atoms. The molecule has 2 amide bonds. The van der Waals surface area contributed by atoms with Crippen LogP contribution < -0.4 is 15.4 Å². The van der Waals surface area contributed by atoms with Gasteiger partial charge in [0.2, 0.25) is 11.0 Å². The molecule has 128 valence electrons. The van der Waals surface area contributed by atoms with Gasteiger partial charge in [-0.15, -0.1) is 10.2 Å². The molecule has 24 heavy (non-hydrogen) atoms. The number of imide groups is 1. The van der Waals surface area contributed by atoms with Gasteiger partial charge < -0.3 is 14.8 Å². The van der Waals surface area contributed by atoms with E-state index in [9.17, 15) is 9.59 Å². The minimum absolute atomic E-state index is 0.452. The van der Waals surface area contributed by atoms with Gasteiger partial charge in [-0.05, 0) is 31.2 Å². The van der Waals surface area contributed by atoms with E-state index in [-0.39, 0.29) is 0 Å². The Bertz CT molecular complexity index is 705. The maximum absolute atomic E-state index is 11.8. The zero-order valence-corrected chi connectivity index (χ0v) is 14.9. The van der Waals surface area contributed by atoms with Gasteiger partial charge in [0.05, 0.1) is 19.5 Å². The fourth-order valence-corrected chi connectivity index (χ4v) is 3.48. The number of rotatable bonds is 6. The number of hydrogen-bond donors (Lipinski definition) is 2. The van der Waals surface area contributed by atoms with Crippen LogP contribution in [0.5, 0.6) is 5.75 Å². The number of aromatic nitrogens is 2. The Labute approximate surface area is 146 Å². The van der Waals surface area contributed by atoms with Crippen LogP contribution in [0, 0.1) is 0 Å². The molecule has 0 spiro atoms. The molecule has 2 aromatic rings. The van der Waals surface area contributed by atoms with Crippen molar-refractivity contribution in [2.24, 2.45) is 0 Å². The van der Waals surface area contributed by atoms with Gasteiger partial charge in [-0.25, -0.2) is 4.79 Å². The first-order valence-corrected chi connectivity index (χ1v) is 8.51. The van der Waals surface area contributed by atoms with Crippen molar-refractivity contribution in [3.05, 3.63) is 24.3 Å². The van der Waals surface area contributed by atoms with Crippen molar-refractivity contribution in [3.8, 4) is 5.75 Å². The fourth-order valence-electron chi connectivity index (χ4n) is 1.56. The molecular weight excluding hydrogens is 352 g/mol. The second kappa shape index (κ2) is 8.50. The summed E-state index contributed by atoms with van der Waals surface area (Å²) in [7, 11) is 2.80. The third kappa shape index (κ3) is 5.10. The average molecular weight is 368 g/mol. The second-order valence-electron chi connectivity index (χ2n) is 4.47. The maximum atomic E-state index is 11.8. The predicted molar refractivity (Wildman–Crippen MR) is 92.1 cm³/mol. The molecule has 1 heterocycles. The largest absolute Gasteiger partial charge is 0.497 e. The van der Waals surface area contributed by atoms with Gasteiger partial charge in [-0.1, -0.05) is 23.1 Å². The topological polar surface area (TPSA) is 102 Å². The summed E-state index contributed by atoms with van der Waals surface area (Å²) in [6.45, 7) is 1.67. The van der Waals surface area contributed by atoms with Crippen molar-refractivity contribution in [2.45, 2.75) is 16.5 Å². The Morgan fingerprint density at radius 1 is 1.21 bits per heavy atom. The van der Waals surface area contributed by atoms with Gasteiger partial charge in [-0.3, -0.25) is 10.1 Å². The Morgan fingerprint density at radius 3 is 2.54 bits per heavy atom. The Kier molecular flexibility index (Phi) is 6.38. The van der Waals surface area contributed by atoms with Crippen molar-refractivity contribution >= 4 is 45.9 Å². The van der Waals surface area contributed by atoms with Crippen molar-refractivity contribution in [1.82, 2.24) is 15.5 Å². The molecule has 0 radical (unpaired) electrons. The normalized spacial score (nSPS) is 11.5. The monoisotopic (exact) mass is 368 g/mol. The highest BCUT2D eigenvalue weighted by Gasteiger charge is 2.19. The van der Waals surface area contributed by atoms with E-state index < -0.39 is 17.3 Å². The highest BCUT2D eigenvalue weighted by Crippen LogP contribution is 2.30. The molecule has 10 heteroatoms. The standard InChI is InChI=1S/C14H16N4O4S2/c1-8(11(19)16-13(20)22-3)23-14-18-17-12(24-14)15-9-4-6-10(21-2)7-5-9/h4-8H,1-3H3,(H,15,17)(H,16,19,20)/t8-/m1/s1. The first-order chi connectivity index (χ1) is 11.5. The number of thioether (sulfide) groups is 1. The van der Waals surface area contributed by atoms with Gasteiger partial charge in [-0.2, -0.15) is 0 Å². The Morgan fingerprint density at radius 2 is 1.92 bits per heavy atom. The molecule has 0 aliphatic heterocycles. The summed E-state index contributed by atoms with van der Waals surface area (Å²) in [5.41, 5.74) is 0.847. The molecule has 1 aromatic carbocycles. The van der Waals surface area contributed by atoms with Gasteiger partial charge in [0.1, 0.15) is 5.75 Å². The van der Waals surface area contributed by atoms with Crippen LogP contribution in [0.2, 0.25) is 0 Å². The summed E-state index contributed by atoms with van der Waals surface area (Å²) in [6.07, 6.45) is -0.786. The van der Waals surface area contributed by atoms with E-state index in [0.717, 1.165) is 11.4 Å². The number of benzene rings is 1. The zero-order chi connectivity index (χ0) is 17.5. The van der Waals surface area contributed by atoms with E-state index in [2.05, 4.69) is 25.6 Å². The number of alkyl carbamates (subject to hydrolysis) is 1. The lowest BCUT2D eigenvalue weighted by Crippen LogP contribution is -2.35. The lowest BCUT2D eigenvalue weighted by Gasteiger charge is -2.07. The average Bonchev–Trinajstić information content (AvgIpc) is 3.02. The molecule has 1 atom stereocenters. The van der Waals surface area contributed by atoms with E-state index in [4.69, 9.17) is 4.74 Å². The zero-order valence-electron chi connectivity index (χ0n) is 13.2. The van der Waals surface area contributed by atoms with Crippen LogP contribution in [0.1, 0.15) is 6.92 Å². The first-order valence-electron chi connectivity index (χ1n) is 6.82. The molecule has 0 unspecified atom stereocenters. The molecule has 0 fully saturated rings. The lowest BCUT2D eigenvalue weighted by atomic mass is 10.3. The highest BCUT2D eigenvalue weighted by molar-refractivity contribution is 8.02. The number of carbonyl (C=O) groups is 2. The summed E-state index contributed by atoms with van der Waals surface area (Å²) < 4.78 is 10.1. The van der Waals surface area contributed by atoms with E-state index >= 15 is 0 Å². The Hall–Kier alpha value is -2.33. The number of hydrogen-bond acceptors (Lipinski definition) is 9. The summed E-state index contributed by atoms with van der Waals surface area (Å²) >= 11 is 2.52. The van der Waals surface area contributed by atoms with Crippen LogP contribution >= 0.6 is 23.1 Å². The van der Waals surface area contributed by atoms with Crippen molar-refractivity contribution < 1.29 is 19.1 Å². The SMILES string of the molecule is COC(=O)NC(=O)[C@@H](C)Sc1nnc(Nc2ccc(OC)cc2)s1. The van der Waals surface area contributed by atoms with Crippen molar-refractivity contribution in [3.63, 3.8) is 0 Å². The van der Waals surface area contributed by atoms with Crippen molar-refractivity contribution in [1.29, 1.82) is 0 Å². The second-order valence-corrected chi connectivity index (χ2v) is 7.03. The summed E-state index contributed by atoms with van der Waals surface area (Å²) in [4.78, 5) is 22.8. The molecule has 0 saturated carbocycles. The fraction of sp³-hybridized carbons (Fsp3) is 0.286. The van der Waals surface area contributed by atoms with Crippen LogP contribution in [0.4, 0.5) is 15.6 Å². The summed E-state index contributed by atoms with van der Waals surface area (Å²) in [6, 6.07) is 7.38. The minimum Gasteiger partial charge on any atom is -0.497 e. The summed E-state index contributed by atoms with van der Waals surface area (Å²) in [5.74, 6) is 0.311. The highest BCUT2D eigenvalue weighted by atomic mass is 32.2. The molecule has 0 saturated heterocycles. The molecular formula is C14H16N4O4S2. The number of amides is 2. The molecule has 0 aliphatic carbocycles. The summed E-state index contributed by atoms with van der Waals surface area (Å²) in [5, 5.41) is 13.4. The predicted octanol–water partition coefficient (Wildman–Crippen LogP) is 2.65. The quantitative estimate of drug-likeness (QED) is 0.750. The minimum atomic E-state index is -0.786. The smallest absolute Gasteiger partial charge is 0.413 e. The van der Waals surface area contributed by atoms with Crippen molar-refractivity contribution in [2.75, 3.05) is 19.5 Å². The third-order valence-electron chi connectivity index (χ3n) is 2.81. The molecule has 8 nitrogen and oxygen atoms in total. The number of carbonyl (C=O) groups excluding carboxylic acids is 2. The molecule has 2 rings (SSSR count). The van der Waals surface area contributed by atoms with Crippen LogP contribution in [-0.4, -0.2) is 41.7 Å². The number of nitrogens with zero attached hydrogens (tertiary/aromatic N) is 2. The third-order valence-corrected chi connectivity index (χ3v) is 4.83. The molecule has 2 N–H and O–H groups in total. The molecule has 0 aliphatic rings. The number of ether oxygens (including phenoxy) is 2. The number of nitrogens with one attached hydrogen (secondary N) is 2. The van der Waals surface area contributed by atoms with E-state index in [1.807, 2.05) is 24.3 Å². The lowest BCUT2D eigenvalue weighted by molar-refractivity contribution is -0.119. The van der Waals surface area contributed by atoms with Crippen LogP contribution in [0.3, 0.4) is 0 Å². The van der Waals surface area contributed by atoms with Crippen LogP contribution in [0.15, 0.2) is 28.6 Å². The van der Waals surface area contributed by atoms with E-state index in [1.165, 1.54) is 30.2 Å². The van der Waals surface area contributed by atoms with Crippen LogP contribution in [-0.2, 0) is 9.53 Å². The van der Waals surface area contributed by atoms with Crippen LogP contribution in [0.25, 0.3) is 0 Å². The van der Waals surface area contributed by atoms with Gasteiger partial charge in [0, 0.05) is 5.69 Å². The first kappa shape index (κ1) is 18.0. The number of methoxy groups -OCH3 is 2. The molecule has 1 aromatic heterocycles. The van der Waals surface area contributed by atoms with E-state index in [0.29, 0.717) is 9.47 Å². The van der Waals surface area contributed by atoms with E-state index in [1.54, 1.807) is 14.0 Å². The number of anilines is 2. The van der Waals surface area contributed by atoms with Gasteiger partial charge in [0.15, 0.2) is 4.34 Å².